The minimum atomic E-state index is -0.376. The van der Waals surface area contributed by atoms with Crippen LogP contribution in [-0.4, -0.2) is 32.2 Å². The molecule has 0 bridgehead atoms. The van der Waals surface area contributed by atoms with Gasteiger partial charge in [0.2, 0.25) is 0 Å². The predicted octanol–water partition coefficient (Wildman–Crippen LogP) is 2.79. The molecule has 0 aliphatic carbocycles. The predicted molar refractivity (Wildman–Crippen MR) is 82.2 cm³/mol. The molecule has 21 heavy (non-hydrogen) atoms. The van der Waals surface area contributed by atoms with Gasteiger partial charge in [-0.25, -0.2) is 0 Å². The van der Waals surface area contributed by atoms with Crippen LogP contribution in [0.1, 0.15) is 25.8 Å². The summed E-state index contributed by atoms with van der Waals surface area (Å²) in [6.07, 6.45) is 1.52. The number of nitrogens with one attached hydrogen (secondary N) is 1. The molecule has 0 saturated heterocycles. The van der Waals surface area contributed by atoms with E-state index in [2.05, 4.69) is 19.2 Å². The zero-order valence-corrected chi connectivity index (χ0v) is 13.3. The van der Waals surface area contributed by atoms with Crippen molar-refractivity contribution in [1.29, 1.82) is 0 Å². The molecule has 6 nitrogen and oxygen atoms in total. The van der Waals surface area contributed by atoms with Crippen LogP contribution in [0.2, 0.25) is 0 Å². The van der Waals surface area contributed by atoms with Crippen molar-refractivity contribution in [2.45, 2.75) is 32.7 Å². The summed E-state index contributed by atoms with van der Waals surface area (Å²) < 4.78 is 10.4. The Labute approximate surface area is 125 Å². The first-order chi connectivity index (χ1) is 9.92. The summed E-state index contributed by atoms with van der Waals surface area (Å²) in [6, 6.07) is 3.31. The van der Waals surface area contributed by atoms with E-state index in [-0.39, 0.29) is 16.7 Å². The Morgan fingerprint density at radius 2 is 1.81 bits per heavy atom. The highest BCUT2D eigenvalue weighted by Gasteiger charge is 2.22. The monoisotopic (exact) mass is 296 g/mol. The number of nitro benzene ring substituents is 1. The Morgan fingerprint density at radius 3 is 2.24 bits per heavy atom. The number of nitro groups is 1. The van der Waals surface area contributed by atoms with E-state index in [4.69, 9.17) is 9.47 Å². The number of hydrogen-bond donors (Lipinski definition) is 1. The maximum atomic E-state index is 11.3. The number of rotatable bonds is 8. The Bertz CT molecular complexity index is 489. The van der Waals surface area contributed by atoms with Crippen molar-refractivity contribution in [3.63, 3.8) is 0 Å². The molecule has 1 N–H and O–H groups in total. The molecular weight excluding hydrogens is 272 g/mol. The minimum Gasteiger partial charge on any atom is -0.493 e. The lowest BCUT2D eigenvalue weighted by molar-refractivity contribution is -0.385. The van der Waals surface area contributed by atoms with Crippen molar-refractivity contribution in [2.75, 3.05) is 21.3 Å². The van der Waals surface area contributed by atoms with Crippen molar-refractivity contribution in [3.05, 3.63) is 27.8 Å². The summed E-state index contributed by atoms with van der Waals surface area (Å²) >= 11 is 0. The van der Waals surface area contributed by atoms with Gasteiger partial charge in [-0.05, 0) is 31.9 Å². The molecule has 1 aromatic rings. The maximum Gasteiger partial charge on any atom is 0.276 e. The number of nitrogens with zero attached hydrogens (tertiary/aromatic N) is 1. The molecule has 0 aliphatic rings. The number of ether oxygens (including phenoxy) is 2. The van der Waals surface area contributed by atoms with Crippen LogP contribution < -0.4 is 14.8 Å². The minimum absolute atomic E-state index is 0.0663. The Hall–Kier alpha value is -1.82. The maximum absolute atomic E-state index is 11.3. The van der Waals surface area contributed by atoms with Gasteiger partial charge in [0.1, 0.15) is 0 Å². The molecule has 1 unspecified atom stereocenters. The molecule has 118 valence electrons. The highest BCUT2D eigenvalue weighted by atomic mass is 16.6. The summed E-state index contributed by atoms with van der Waals surface area (Å²) in [7, 11) is 4.87. The third-order valence-corrected chi connectivity index (χ3v) is 3.41. The van der Waals surface area contributed by atoms with Crippen LogP contribution in [0.3, 0.4) is 0 Å². The normalized spacial score (nSPS) is 12.3. The molecule has 0 aliphatic heterocycles. The Morgan fingerprint density at radius 1 is 1.24 bits per heavy atom. The fraction of sp³-hybridized carbons (Fsp3) is 0.600. The topological polar surface area (TPSA) is 73.6 Å². The van der Waals surface area contributed by atoms with E-state index < -0.39 is 0 Å². The third kappa shape index (κ3) is 4.60. The molecule has 0 radical (unpaired) electrons. The third-order valence-electron chi connectivity index (χ3n) is 3.41. The van der Waals surface area contributed by atoms with E-state index in [9.17, 15) is 10.1 Å². The average molecular weight is 296 g/mol. The first kappa shape index (κ1) is 17.2. The van der Waals surface area contributed by atoms with Gasteiger partial charge in [0, 0.05) is 11.6 Å². The van der Waals surface area contributed by atoms with E-state index in [1.807, 2.05) is 7.05 Å². The largest absolute Gasteiger partial charge is 0.493 e. The molecule has 0 fully saturated rings. The van der Waals surface area contributed by atoms with E-state index in [1.54, 1.807) is 6.07 Å². The molecule has 1 aromatic carbocycles. The molecule has 6 heteroatoms. The zero-order chi connectivity index (χ0) is 16.0. The SMILES string of the molecule is CNC(Cc1cc(OC)c(OC)cc1[N+](=O)[O-])CC(C)C. The number of likely N-dealkylation sites (N-methyl/N-ethyl adjacent to an activating group) is 1. The van der Waals surface area contributed by atoms with Crippen LogP contribution in [0.5, 0.6) is 11.5 Å². The van der Waals surface area contributed by atoms with Gasteiger partial charge in [-0.15, -0.1) is 0 Å². The van der Waals surface area contributed by atoms with Crippen LogP contribution >= 0.6 is 0 Å². The molecule has 0 saturated carbocycles. The fourth-order valence-corrected chi connectivity index (χ4v) is 2.38. The van der Waals surface area contributed by atoms with Gasteiger partial charge in [0.25, 0.3) is 5.69 Å². The van der Waals surface area contributed by atoms with E-state index in [1.165, 1.54) is 20.3 Å². The van der Waals surface area contributed by atoms with Crippen molar-refractivity contribution >= 4 is 5.69 Å². The van der Waals surface area contributed by atoms with Crippen molar-refractivity contribution in [3.8, 4) is 11.5 Å². The molecule has 1 atom stereocenters. The molecule has 0 amide bonds. The summed E-state index contributed by atoms with van der Waals surface area (Å²) in [4.78, 5) is 10.9. The summed E-state index contributed by atoms with van der Waals surface area (Å²) in [6.45, 7) is 4.26. The lowest BCUT2D eigenvalue weighted by Gasteiger charge is -2.19. The fourth-order valence-electron chi connectivity index (χ4n) is 2.38. The van der Waals surface area contributed by atoms with E-state index in [0.717, 1.165) is 6.42 Å². The molecule has 0 aromatic heterocycles. The molecule has 1 rings (SSSR count). The molecule has 0 spiro atoms. The standard InChI is InChI=1S/C15H24N2O4/c1-10(2)6-12(16-3)7-11-8-14(20-4)15(21-5)9-13(11)17(18)19/h8-10,12,16H,6-7H2,1-5H3. The van der Waals surface area contributed by atoms with Gasteiger partial charge >= 0.3 is 0 Å². The highest BCUT2D eigenvalue weighted by Crippen LogP contribution is 2.35. The number of methoxy groups -OCH3 is 2. The molecule has 0 heterocycles. The van der Waals surface area contributed by atoms with Crippen LogP contribution in [0, 0.1) is 16.0 Å². The Kier molecular flexibility index (Phi) is 6.42. The van der Waals surface area contributed by atoms with E-state index >= 15 is 0 Å². The second-order valence-electron chi connectivity index (χ2n) is 5.41. The van der Waals surface area contributed by atoms with Gasteiger partial charge in [-0.1, -0.05) is 13.8 Å². The van der Waals surface area contributed by atoms with Crippen LogP contribution in [0.15, 0.2) is 12.1 Å². The van der Waals surface area contributed by atoms with Gasteiger partial charge in [-0.3, -0.25) is 10.1 Å². The van der Waals surface area contributed by atoms with Crippen LogP contribution in [0.4, 0.5) is 5.69 Å². The first-order valence-corrected chi connectivity index (χ1v) is 6.99. The van der Waals surface area contributed by atoms with Gasteiger partial charge in [-0.2, -0.15) is 0 Å². The zero-order valence-electron chi connectivity index (χ0n) is 13.3. The van der Waals surface area contributed by atoms with Crippen molar-refractivity contribution in [2.24, 2.45) is 5.92 Å². The van der Waals surface area contributed by atoms with Crippen molar-refractivity contribution < 1.29 is 14.4 Å². The van der Waals surface area contributed by atoms with Crippen LogP contribution in [-0.2, 0) is 6.42 Å². The number of hydrogen-bond acceptors (Lipinski definition) is 5. The second kappa shape index (κ2) is 7.83. The smallest absolute Gasteiger partial charge is 0.276 e. The summed E-state index contributed by atoms with van der Waals surface area (Å²) in [5.41, 5.74) is 0.717. The molecular formula is C15H24N2O4. The van der Waals surface area contributed by atoms with Gasteiger partial charge < -0.3 is 14.8 Å². The lowest BCUT2D eigenvalue weighted by Crippen LogP contribution is -2.29. The average Bonchev–Trinajstić information content (AvgIpc) is 2.45. The quantitative estimate of drug-likeness (QED) is 0.590. The first-order valence-electron chi connectivity index (χ1n) is 6.99. The van der Waals surface area contributed by atoms with Gasteiger partial charge in [0.15, 0.2) is 11.5 Å². The van der Waals surface area contributed by atoms with E-state index in [0.29, 0.717) is 29.4 Å². The highest BCUT2D eigenvalue weighted by molar-refractivity contribution is 5.54. The number of benzene rings is 1. The van der Waals surface area contributed by atoms with Crippen molar-refractivity contribution in [1.82, 2.24) is 5.32 Å². The Balaban J connectivity index is 3.16. The summed E-state index contributed by atoms with van der Waals surface area (Å²) in [5.74, 6) is 1.40. The van der Waals surface area contributed by atoms with Crippen LogP contribution in [0.25, 0.3) is 0 Å². The summed E-state index contributed by atoms with van der Waals surface area (Å²) in [5, 5.41) is 14.5. The lowest BCUT2D eigenvalue weighted by atomic mass is 9.96. The van der Waals surface area contributed by atoms with Gasteiger partial charge in [0.05, 0.1) is 25.2 Å². The second-order valence-corrected chi connectivity index (χ2v) is 5.41.